The van der Waals surface area contributed by atoms with E-state index in [-0.39, 0.29) is 0 Å². The van der Waals surface area contributed by atoms with E-state index < -0.39 is 0 Å². The van der Waals surface area contributed by atoms with Crippen molar-refractivity contribution in [2.24, 2.45) is 0 Å². The molecule has 0 aliphatic heterocycles. The van der Waals surface area contributed by atoms with Gasteiger partial charge in [0.2, 0.25) is 0 Å². The summed E-state index contributed by atoms with van der Waals surface area (Å²) in [6, 6.07) is 3.80. The quantitative estimate of drug-likeness (QED) is 0.699. The molecule has 13 heavy (non-hydrogen) atoms. The largest absolute Gasteiger partial charge is 0.495 e. The number of hydrogen-bond donors (Lipinski definition) is 1. The van der Waals surface area contributed by atoms with E-state index in [9.17, 15) is 0 Å². The van der Waals surface area contributed by atoms with Crippen LogP contribution in [0.4, 0.5) is 0 Å². The van der Waals surface area contributed by atoms with Crippen molar-refractivity contribution in [1.82, 2.24) is 10.3 Å². The lowest BCUT2D eigenvalue weighted by molar-refractivity contribution is 0.404. The zero-order chi connectivity index (χ0) is 9.52. The molecule has 72 valence electrons. The van der Waals surface area contributed by atoms with Crippen LogP contribution in [0.1, 0.15) is 19.0 Å². The number of hydrogen-bond acceptors (Lipinski definition) is 3. The average molecular weight is 180 g/mol. The molecule has 0 aliphatic rings. The molecule has 1 rings (SSSR count). The van der Waals surface area contributed by atoms with Crippen molar-refractivity contribution in [3.63, 3.8) is 0 Å². The summed E-state index contributed by atoms with van der Waals surface area (Å²) in [5.74, 6) is 0.853. The summed E-state index contributed by atoms with van der Waals surface area (Å²) in [4.78, 5) is 4.23. The van der Waals surface area contributed by atoms with Crippen LogP contribution >= 0.6 is 0 Å². The predicted octanol–water partition coefficient (Wildman–Crippen LogP) is 1.59. The zero-order valence-electron chi connectivity index (χ0n) is 8.21. The number of pyridine rings is 1. The van der Waals surface area contributed by atoms with Gasteiger partial charge in [-0.15, -0.1) is 0 Å². The van der Waals surface area contributed by atoms with Crippen LogP contribution in [0.15, 0.2) is 18.3 Å². The Kier molecular flexibility index (Phi) is 4.26. The molecule has 0 spiro atoms. The number of nitrogens with zero attached hydrogens (tertiary/aromatic N) is 1. The summed E-state index contributed by atoms with van der Waals surface area (Å²) in [5, 5.41) is 3.28. The van der Waals surface area contributed by atoms with Crippen molar-refractivity contribution in [2.75, 3.05) is 13.7 Å². The molecule has 0 unspecified atom stereocenters. The summed E-state index contributed by atoms with van der Waals surface area (Å²) in [5.41, 5.74) is 0.971. The molecular weight excluding hydrogens is 164 g/mol. The molecule has 0 bridgehead atoms. The van der Waals surface area contributed by atoms with Crippen molar-refractivity contribution in [2.45, 2.75) is 19.9 Å². The molecule has 3 heteroatoms. The number of rotatable bonds is 5. The van der Waals surface area contributed by atoms with Crippen LogP contribution in [-0.2, 0) is 6.54 Å². The van der Waals surface area contributed by atoms with Gasteiger partial charge >= 0.3 is 0 Å². The third-order valence-electron chi connectivity index (χ3n) is 1.79. The molecule has 0 amide bonds. The smallest absolute Gasteiger partial charge is 0.141 e. The molecule has 0 atom stereocenters. The number of aromatic nitrogens is 1. The minimum atomic E-state index is 0.776. The van der Waals surface area contributed by atoms with Gasteiger partial charge in [-0.1, -0.05) is 6.92 Å². The SMILES string of the molecule is CCCNCc1ncccc1OC. The lowest BCUT2D eigenvalue weighted by Crippen LogP contribution is -2.15. The van der Waals surface area contributed by atoms with Crippen LogP contribution in [0.2, 0.25) is 0 Å². The van der Waals surface area contributed by atoms with Gasteiger partial charge in [-0.2, -0.15) is 0 Å². The minimum Gasteiger partial charge on any atom is -0.495 e. The van der Waals surface area contributed by atoms with Crippen LogP contribution in [0.25, 0.3) is 0 Å². The van der Waals surface area contributed by atoms with Gasteiger partial charge in [0.1, 0.15) is 5.75 Å². The average Bonchev–Trinajstić information content (AvgIpc) is 2.19. The molecule has 1 heterocycles. The van der Waals surface area contributed by atoms with Crippen molar-refractivity contribution >= 4 is 0 Å². The molecule has 0 aromatic carbocycles. The molecule has 0 saturated heterocycles. The van der Waals surface area contributed by atoms with Gasteiger partial charge in [-0.05, 0) is 25.1 Å². The van der Waals surface area contributed by atoms with Crippen molar-refractivity contribution in [1.29, 1.82) is 0 Å². The molecule has 0 aliphatic carbocycles. The maximum absolute atomic E-state index is 5.17. The van der Waals surface area contributed by atoms with Crippen LogP contribution in [0, 0.1) is 0 Å². The van der Waals surface area contributed by atoms with Crippen LogP contribution < -0.4 is 10.1 Å². The van der Waals surface area contributed by atoms with Gasteiger partial charge in [0, 0.05) is 12.7 Å². The van der Waals surface area contributed by atoms with Gasteiger partial charge in [0.25, 0.3) is 0 Å². The second-order valence-corrected chi connectivity index (χ2v) is 2.83. The van der Waals surface area contributed by atoms with E-state index in [0.717, 1.165) is 31.0 Å². The van der Waals surface area contributed by atoms with Gasteiger partial charge < -0.3 is 10.1 Å². The highest BCUT2D eigenvalue weighted by atomic mass is 16.5. The maximum Gasteiger partial charge on any atom is 0.141 e. The minimum absolute atomic E-state index is 0.776. The fourth-order valence-electron chi connectivity index (χ4n) is 1.13. The Labute approximate surface area is 79.1 Å². The lowest BCUT2D eigenvalue weighted by Gasteiger charge is -2.07. The van der Waals surface area contributed by atoms with Crippen LogP contribution in [0.5, 0.6) is 5.75 Å². The Balaban J connectivity index is 2.54. The summed E-state index contributed by atoms with van der Waals surface area (Å²) < 4.78 is 5.17. The first-order chi connectivity index (χ1) is 6.38. The summed E-state index contributed by atoms with van der Waals surface area (Å²) >= 11 is 0. The summed E-state index contributed by atoms with van der Waals surface area (Å²) in [7, 11) is 1.67. The molecule has 0 fully saturated rings. The molecule has 3 nitrogen and oxygen atoms in total. The van der Waals surface area contributed by atoms with E-state index in [1.165, 1.54) is 0 Å². The molecule has 1 aromatic rings. The number of ether oxygens (including phenoxy) is 1. The predicted molar refractivity (Wildman–Crippen MR) is 52.8 cm³/mol. The van der Waals surface area contributed by atoms with E-state index in [1.807, 2.05) is 12.1 Å². The van der Waals surface area contributed by atoms with Gasteiger partial charge in [0.15, 0.2) is 0 Å². The number of methoxy groups -OCH3 is 1. The summed E-state index contributed by atoms with van der Waals surface area (Å²) in [6.45, 7) is 3.93. The van der Waals surface area contributed by atoms with E-state index in [1.54, 1.807) is 13.3 Å². The Morgan fingerprint density at radius 1 is 1.54 bits per heavy atom. The highest BCUT2D eigenvalue weighted by Gasteiger charge is 2.00. The highest BCUT2D eigenvalue weighted by molar-refractivity contribution is 5.26. The number of nitrogens with one attached hydrogen (secondary N) is 1. The third-order valence-corrected chi connectivity index (χ3v) is 1.79. The summed E-state index contributed by atoms with van der Waals surface area (Å²) in [6.07, 6.45) is 2.92. The van der Waals surface area contributed by atoms with E-state index in [0.29, 0.717) is 0 Å². The van der Waals surface area contributed by atoms with Crippen LogP contribution in [-0.4, -0.2) is 18.6 Å². The molecule has 0 radical (unpaired) electrons. The van der Waals surface area contributed by atoms with E-state index >= 15 is 0 Å². The lowest BCUT2D eigenvalue weighted by atomic mass is 10.3. The monoisotopic (exact) mass is 180 g/mol. The maximum atomic E-state index is 5.17. The Morgan fingerprint density at radius 3 is 3.08 bits per heavy atom. The van der Waals surface area contributed by atoms with E-state index in [4.69, 9.17) is 4.74 Å². The molecular formula is C10H16N2O. The van der Waals surface area contributed by atoms with Crippen LogP contribution in [0.3, 0.4) is 0 Å². The standard InChI is InChI=1S/C10H16N2O/c1-3-6-11-8-9-10(13-2)5-4-7-12-9/h4-5,7,11H,3,6,8H2,1-2H3. The fraction of sp³-hybridized carbons (Fsp3) is 0.500. The second kappa shape index (κ2) is 5.54. The first-order valence-corrected chi connectivity index (χ1v) is 4.57. The van der Waals surface area contributed by atoms with Crippen molar-refractivity contribution in [3.05, 3.63) is 24.0 Å². The molecule has 1 N–H and O–H groups in total. The molecule has 1 aromatic heterocycles. The Hall–Kier alpha value is -1.09. The van der Waals surface area contributed by atoms with Crippen molar-refractivity contribution in [3.8, 4) is 5.75 Å². The van der Waals surface area contributed by atoms with Gasteiger partial charge in [-0.3, -0.25) is 4.98 Å². The normalized spacial score (nSPS) is 10.0. The van der Waals surface area contributed by atoms with Crippen molar-refractivity contribution < 1.29 is 4.74 Å². The highest BCUT2D eigenvalue weighted by Crippen LogP contribution is 2.13. The van der Waals surface area contributed by atoms with E-state index in [2.05, 4.69) is 17.2 Å². The molecule has 0 saturated carbocycles. The first-order valence-electron chi connectivity index (χ1n) is 4.57. The Morgan fingerprint density at radius 2 is 2.38 bits per heavy atom. The second-order valence-electron chi connectivity index (χ2n) is 2.83. The van der Waals surface area contributed by atoms with Gasteiger partial charge in [0.05, 0.1) is 12.8 Å². The zero-order valence-corrected chi connectivity index (χ0v) is 8.21. The Bertz CT molecular complexity index is 250. The fourth-order valence-corrected chi connectivity index (χ4v) is 1.13. The first kappa shape index (κ1) is 9.99. The third kappa shape index (κ3) is 3.03. The topological polar surface area (TPSA) is 34.2 Å². The van der Waals surface area contributed by atoms with Gasteiger partial charge in [-0.25, -0.2) is 0 Å².